The number of aryl methyl sites for hydroxylation is 1. The molecule has 0 bridgehead atoms. The van der Waals surface area contributed by atoms with Gasteiger partial charge in [-0.15, -0.1) is 0 Å². The van der Waals surface area contributed by atoms with Crippen LogP contribution >= 0.6 is 0 Å². The van der Waals surface area contributed by atoms with E-state index in [9.17, 15) is 4.39 Å². The minimum absolute atomic E-state index is 0.0299. The first kappa shape index (κ1) is 14.3. The number of halogens is 1. The normalized spacial score (nSPS) is 17.1. The third-order valence-corrected chi connectivity index (χ3v) is 4.06. The maximum absolute atomic E-state index is 14.2. The first-order valence-corrected chi connectivity index (χ1v) is 7.20. The molecule has 1 aromatic carbocycles. The van der Waals surface area contributed by atoms with Crippen LogP contribution in [-0.4, -0.2) is 19.3 Å². The molecule has 0 saturated heterocycles. The molecule has 3 heteroatoms. The Labute approximate surface area is 115 Å². The van der Waals surface area contributed by atoms with Crippen molar-refractivity contribution >= 4 is 0 Å². The van der Waals surface area contributed by atoms with E-state index in [1.165, 1.54) is 11.1 Å². The molecule has 2 nitrogen and oxygen atoms in total. The summed E-state index contributed by atoms with van der Waals surface area (Å²) in [7, 11) is 0. The van der Waals surface area contributed by atoms with Crippen LogP contribution in [0.5, 0.6) is 5.75 Å². The van der Waals surface area contributed by atoms with Crippen molar-refractivity contribution in [2.75, 3.05) is 13.2 Å². The van der Waals surface area contributed by atoms with Crippen molar-refractivity contribution < 1.29 is 9.13 Å². The van der Waals surface area contributed by atoms with Crippen molar-refractivity contribution in [3.8, 4) is 5.75 Å². The Morgan fingerprint density at radius 3 is 2.84 bits per heavy atom. The fourth-order valence-corrected chi connectivity index (χ4v) is 2.75. The Morgan fingerprint density at radius 1 is 1.37 bits per heavy atom. The molecule has 0 amide bonds. The van der Waals surface area contributed by atoms with Crippen LogP contribution in [-0.2, 0) is 12.8 Å². The summed E-state index contributed by atoms with van der Waals surface area (Å²) in [5.74, 6) is 1.26. The second kappa shape index (κ2) is 6.38. The van der Waals surface area contributed by atoms with E-state index >= 15 is 0 Å². The predicted octanol–water partition coefficient (Wildman–Crippen LogP) is 3.12. The van der Waals surface area contributed by atoms with Crippen LogP contribution in [0.25, 0.3) is 0 Å². The molecule has 0 fully saturated rings. The van der Waals surface area contributed by atoms with E-state index in [2.05, 4.69) is 6.07 Å². The third kappa shape index (κ3) is 3.47. The molecule has 2 unspecified atom stereocenters. The molecular weight excluding hydrogens is 241 g/mol. The van der Waals surface area contributed by atoms with Crippen LogP contribution in [0.3, 0.4) is 0 Å². The Bertz CT molecular complexity index is 419. The van der Waals surface area contributed by atoms with Crippen molar-refractivity contribution in [1.82, 2.24) is 0 Å². The van der Waals surface area contributed by atoms with Crippen molar-refractivity contribution in [3.63, 3.8) is 0 Å². The molecule has 0 radical (unpaired) electrons. The van der Waals surface area contributed by atoms with Crippen LogP contribution in [0, 0.1) is 11.8 Å². The summed E-state index contributed by atoms with van der Waals surface area (Å²) >= 11 is 0. The molecule has 2 rings (SSSR count). The number of rotatable bonds is 6. The minimum Gasteiger partial charge on any atom is -0.493 e. The van der Waals surface area contributed by atoms with Crippen molar-refractivity contribution in [3.05, 3.63) is 29.3 Å². The molecule has 1 aliphatic rings. The minimum atomic E-state index is -0.811. The zero-order valence-electron chi connectivity index (χ0n) is 11.9. The van der Waals surface area contributed by atoms with E-state index < -0.39 is 6.17 Å². The Kier molecular flexibility index (Phi) is 4.81. The highest BCUT2D eigenvalue weighted by Gasteiger charge is 2.22. The van der Waals surface area contributed by atoms with E-state index in [-0.39, 0.29) is 5.92 Å². The van der Waals surface area contributed by atoms with Crippen molar-refractivity contribution in [1.29, 1.82) is 0 Å². The lowest BCUT2D eigenvalue weighted by Crippen LogP contribution is -2.29. The number of hydrogen-bond donors (Lipinski definition) is 1. The molecule has 1 heterocycles. The van der Waals surface area contributed by atoms with Gasteiger partial charge in [0.15, 0.2) is 0 Å². The first-order chi connectivity index (χ1) is 9.11. The van der Waals surface area contributed by atoms with Gasteiger partial charge in [-0.1, -0.05) is 26.0 Å². The van der Waals surface area contributed by atoms with E-state index in [4.69, 9.17) is 10.5 Å². The average Bonchev–Trinajstić information content (AvgIpc) is 2.84. The second-order valence-electron chi connectivity index (χ2n) is 5.74. The predicted molar refractivity (Wildman–Crippen MR) is 76.2 cm³/mol. The zero-order chi connectivity index (χ0) is 13.8. The van der Waals surface area contributed by atoms with E-state index in [0.29, 0.717) is 18.9 Å². The van der Waals surface area contributed by atoms with Gasteiger partial charge in [-0.2, -0.15) is 0 Å². The van der Waals surface area contributed by atoms with Crippen molar-refractivity contribution in [2.24, 2.45) is 17.6 Å². The van der Waals surface area contributed by atoms with Gasteiger partial charge in [0.25, 0.3) is 0 Å². The highest BCUT2D eigenvalue weighted by molar-refractivity contribution is 5.39. The molecule has 19 heavy (non-hydrogen) atoms. The third-order valence-electron chi connectivity index (χ3n) is 4.06. The molecule has 0 aliphatic carbocycles. The lowest BCUT2D eigenvalue weighted by atomic mass is 9.88. The molecule has 0 saturated carbocycles. The lowest BCUT2D eigenvalue weighted by molar-refractivity contribution is 0.176. The van der Waals surface area contributed by atoms with Gasteiger partial charge in [-0.05, 0) is 42.5 Å². The maximum atomic E-state index is 14.2. The fourth-order valence-electron chi connectivity index (χ4n) is 2.75. The monoisotopic (exact) mass is 265 g/mol. The van der Waals surface area contributed by atoms with E-state index in [1.807, 2.05) is 26.0 Å². The molecular formula is C16H24FNO. The average molecular weight is 265 g/mol. The molecule has 2 atom stereocenters. The van der Waals surface area contributed by atoms with Crippen LogP contribution in [0.4, 0.5) is 4.39 Å². The van der Waals surface area contributed by atoms with Gasteiger partial charge < -0.3 is 10.5 Å². The highest BCUT2D eigenvalue weighted by atomic mass is 19.1. The number of benzene rings is 1. The summed E-state index contributed by atoms with van der Waals surface area (Å²) in [5.41, 5.74) is 8.12. The summed E-state index contributed by atoms with van der Waals surface area (Å²) in [6, 6.07) is 6.21. The second-order valence-corrected chi connectivity index (χ2v) is 5.74. The SMILES string of the molecule is CC(C)C(CN)C(F)CCc1ccc2c(c1)CCO2. The Balaban J connectivity index is 1.91. The number of nitrogens with two attached hydrogens (primary N) is 1. The van der Waals surface area contributed by atoms with E-state index in [0.717, 1.165) is 25.2 Å². The Hall–Kier alpha value is -1.09. The number of fused-ring (bicyclic) bond motifs is 1. The number of alkyl halides is 1. The van der Waals surface area contributed by atoms with Crippen LogP contribution in [0.1, 0.15) is 31.4 Å². The summed E-state index contributed by atoms with van der Waals surface area (Å²) in [6.07, 6.45) is 1.49. The summed E-state index contributed by atoms with van der Waals surface area (Å²) in [4.78, 5) is 0. The Morgan fingerprint density at radius 2 is 2.16 bits per heavy atom. The smallest absolute Gasteiger partial charge is 0.122 e. The molecule has 1 aromatic rings. The summed E-state index contributed by atoms with van der Waals surface area (Å²) in [5, 5.41) is 0. The van der Waals surface area contributed by atoms with Gasteiger partial charge in [0, 0.05) is 12.3 Å². The topological polar surface area (TPSA) is 35.2 Å². The van der Waals surface area contributed by atoms with Crippen LogP contribution in [0.2, 0.25) is 0 Å². The zero-order valence-corrected chi connectivity index (χ0v) is 11.9. The largest absolute Gasteiger partial charge is 0.493 e. The summed E-state index contributed by atoms with van der Waals surface area (Å²) in [6.45, 7) is 5.28. The first-order valence-electron chi connectivity index (χ1n) is 7.20. The quantitative estimate of drug-likeness (QED) is 0.857. The van der Waals surface area contributed by atoms with E-state index in [1.54, 1.807) is 0 Å². The number of ether oxygens (including phenoxy) is 1. The van der Waals surface area contributed by atoms with Gasteiger partial charge in [-0.25, -0.2) is 4.39 Å². The van der Waals surface area contributed by atoms with Crippen LogP contribution in [0.15, 0.2) is 18.2 Å². The van der Waals surface area contributed by atoms with Gasteiger partial charge in [0.05, 0.1) is 6.61 Å². The maximum Gasteiger partial charge on any atom is 0.122 e. The van der Waals surface area contributed by atoms with Gasteiger partial charge >= 0.3 is 0 Å². The van der Waals surface area contributed by atoms with Crippen LogP contribution < -0.4 is 10.5 Å². The molecule has 2 N–H and O–H groups in total. The number of hydrogen-bond acceptors (Lipinski definition) is 2. The molecule has 0 aromatic heterocycles. The molecule has 1 aliphatic heterocycles. The molecule has 106 valence electrons. The van der Waals surface area contributed by atoms with Gasteiger partial charge in [0.1, 0.15) is 11.9 Å². The van der Waals surface area contributed by atoms with Gasteiger partial charge in [0.2, 0.25) is 0 Å². The van der Waals surface area contributed by atoms with Crippen molar-refractivity contribution in [2.45, 2.75) is 39.3 Å². The molecule has 0 spiro atoms. The fraction of sp³-hybridized carbons (Fsp3) is 0.625. The summed E-state index contributed by atoms with van der Waals surface area (Å²) < 4.78 is 19.6. The standard InChI is InChI=1S/C16H24FNO/c1-11(2)14(10-18)15(17)5-3-12-4-6-16-13(9-12)7-8-19-16/h4,6,9,11,14-15H,3,5,7-8,10,18H2,1-2H3. The lowest BCUT2D eigenvalue weighted by Gasteiger charge is -2.23. The van der Waals surface area contributed by atoms with Gasteiger partial charge in [-0.3, -0.25) is 0 Å². The highest BCUT2D eigenvalue weighted by Crippen LogP contribution is 2.27.